The number of thiophene rings is 1. The average molecular weight is 499 g/mol. The summed E-state index contributed by atoms with van der Waals surface area (Å²) in [7, 11) is 0. The van der Waals surface area contributed by atoms with Crippen molar-refractivity contribution in [3.05, 3.63) is 81.7 Å². The van der Waals surface area contributed by atoms with E-state index in [9.17, 15) is 9.59 Å². The number of aromatic nitrogens is 1. The van der Waals surface area contributed by atoms with Crippen molar-refractivity contribution in [2.75, 3.05) is 5.32 Å². The molecule has 6 heteroatoms. The molecule has 5 rings (SSSR count). The second kappa shape index (κ2) is 10.2. The summed E-state index contributed by atoms with van der Waals surface area (Å²) in [6, 6.07) is 17.8. The normalized spacial score (nSPS) is 13.0. The summed E-state index contributed by atoms with van der Waals surface area (Å²) in [5.41, 5.74) is 5.79. The predicted molar refractivity (Wildman–Crippen MR) is 146 cm³/mol. The quantitative estimate of drug-likeness (QED) is 0.285. The fourth-order valence-corrected chi connectivity index (χ4v) is 6.01. The topological polar surface area (TPSA) is 68.3 Å². The minimum absolute atomic E-state index is 0.231. The summed E-state index contributed by atoms with van der Waals surface area (Å²) in [4.78, 5) is 32.8. The minimum Gasteiger partial charge on any atom is -0.459 e. The Balaban J connectivity index is 1.56. The lowest BCUT2D eigenvalue weighted by Crippen LogP contribution is -2.18. The molecule has 1 amide bonds. The van der Waals surface area contributed by atoms with Gasteiger partial charge in [0.25, 0.3) is 5.91 Å². The number of ether oxygens (including phenoxy) is 1. The van der Waals surface area contributed by atoms with Crippen LogP contribution in [0, 0.1) is 0 Å². The van der Waals surface area contributed by atoms with Crippen LogP contribution in [0.2, 0.25) is 0 Å². The number of aryl methyl sites for hydroxylation is 2. The molecule has 184 valence electrons. The van der Waals surface area contributed by atoms with Gasteiger partial charge in [-0.15, -0.1) is 11.3 Å². The molecular weight excluding hydrogens is 468 g/mol. The maximum atomic E-state index is 13.7. The first-order valence-corrected chi connectivity index (χ1v) is 13.4. The van der Waals surface area contributed by atoms with E-state index in [-0.39, 0.29) is 18.0 Å². The van der Waals surface area contributed by atoms with Crippen LogP contribution in [0.25, 0.3) is 22.2 Å². The standard InChI is InChI=1S/C30H30N2O3S/c1-4-19-13-15-20(16-14-19)25-17-23(21-9-5-7-11-24(21)31-25)28(33)32-29-27(30(34)35-18(2)3)22-10-6-8-12-26(22)36-29/h5,7,9,11,13-18H,4,6,8,10,12H2,1-3H3,(H,32,33). The smallest absolute Gasteiger partial charge is 0.341 e. The van der Waals surface area contributed by atoms with E-state index in [1.54, 1.807) is 0 Å². The van der Waals surface area contributed by atoms with Crippen molar-refractivity contribution >= 4 is 39.1 Å². The SMILES string of the molecule is CCc1ccc(-c2cc(C(=O)Nc3sc4c(c3C(=O)OC(C)C)CCCC4)c3ccccc3n2)cc1. The van der Waals surface area contributed by atoms with Crippen LogP contribution in [0.1, 0.15) is 70.3 Å². The Kier molecular flexibility index (Phi) is 6.88. The first kappa shape index (κ1) is 24.2. The van der Waals surface area contributed by atoms with Gasteiger partial charge in [-0.2, -0.15) is 0 Å². The average Bonchev–Trinajstić information content (AvgIpc) is 3.25. The fraction of sp³-hybridized carbons (Fsp3) is 0.300. The van der Waals surface area contributed by atoms with E-state index < -0.39 is 0 Å². The van der Waals surface area contributed by atoms with Gasteiger partial charge in [0.2, 0.25) is 0 Å². The van der Waals surface area contributed by atoms with Crippen LogP contribution in [-0.4, -0.2) is 23.0 Å². The molecule has 1 aliphatic rings. The first-order valence-electron chi connectivity index (χ1n) is 12.6. The van der Waals surface area contributed by atoms with Crippen molar-refractivity contribution in [3.63, 3.8) is 0 Å². The number of pyridine rings is 1. The van der Waals surface area contributed by atoms with Gasteiger partial charge in [-0.1, -0.05) is 49.4 Å². The van der Waals surface area contributed by atoms with E-state index in [0.717, 1.165) is 59.8 Å². The highest BCUT2D eigenvalue weighted by Gasteiger charge is 2.28. The third-order valence-electron chi connectivity index (χ3n) is 6.56. The Labute approximate surface area is 215 Å². The summed E-state index contributed by atoms with van der Waals surface area (Å²) >= 11 is 1.50. The van der Waals surface area contributed by atoms with Crippen molar-refractivity contribution in [3.8, 4) is 11.3 Å². The van der Waals surface area contributed by atoms with Crippen LogP contribution < -0.4 is 5.32 Å². The largest absolute Gasteiger partial charge is 0.459 e. The number of rotatable bonds is 6. The first-order chi connectivity index (χ1) is 17.4. The summed E-state index contributed by atoms with van der Waals surface area (Å²) < 4.78 is 5.56. The molecule has 5 nitrogen and oxygen atoms in total. The van der Waals surface area contributed by atoms with Gasteiger partial charge in [-0.25, -0.2) is 9.78 Å². The molecule has 0 radical (unpaired) electrons. The molecule has 0 saturated heterocycles. The number of nitrogens with zero attached hydrogens (tertiary/aromatic N) is 1. The van der Waals surface area contributed by atoms with Gasteiger partial charge in [0.15, 0.2) is 0 Å². The molecule has 0 fully saturated rings. The molecule has 0 bridgehead atoms. The number of benzene rings is 2. The molecule has 0 spiro atoms. The summed E-state index contributed by atoms with van der Waals surface area (Å²) in [6.07, 6.45) is 4.62. The number of hydrogen-bond acceptors (Lipinski definition) is 5. The summed E-state index contributed by atoms with van der Waals surface area (Å²) in [5.74, 6) is -0.617. The number of esters is 1. The van der Waals surface area contributed by atoms with E-state index in [1.807, 2.05) is 56.3 Å². The van der Waals surface area contributed by atoms with Gasteiger partial charge < -0.3 is 10.1 Å². The molecule has 1 aliphatic carbocycles. The van der Waals surface area contributed by atoms with Gasteiger partial charge in [0, 0.05) is 15.8 Å². The van der Waals surface area contributed by atoms with E-state index in [1.165, 1.54) is 21.8 Å². The second-order valence-corrected chi connectivity index (χ2v) is 10.6. The zero-order valence-corrected chi connectivity index (χ0v) is 21.7. The Bertz CT molecular complexity index is 1440. The van der Waals surface area contributed by atoms with E-state index in [4.69, 9.17) is 9.72 Å². The third kappa shape index (κ3) is 4.78. The monoisotopic (exact) mass is 498 g/mol. The Morgan fingerprint density at radius 1 is 1.06 bits per heavy atom. The number of carbonyl (C=O) groups excluding carboxylic acids is 2. The molecule has 0 atom stereocenters. The predicted octanol–water partition coefficient (Wildman–Crippen LogP) is 7.22. The minimum atomic E-state index is -0.365. The number of hydrogen-bond donors (Lipinski definition) is 1. The highest BCUT2D eigenvalue weighted by Crippen LogP contribution is 2.39. The van der Waals surface area contributed by atoms with Gasteiger partial charge in [-0.3, -0.25) is 4.79 Å². The lowest BCUT2D eigenvalue weighted by molar-refractivity contribution is 0.0378. The molecular formula is C30H30N2O3S. The van der Waals surface area contributed by atoms with Crippen LogP contribution in [0.3, 0.4) is 0 Å². The summed E-state index contributed by atoms with van der Waals surface area (Å²) in [6.45, 7) is 5.80. The number of nitrogens with one attached hydrogen (secondary N) is 1. The van der Waals surface area contributed by atoms with Gasteiger partial charge in [0.05, 0.1) is 28.4 Å². The van der Waals surface area contributed by atoms with Gasteiger partial charge >= 0.3 is 5.97 Å². The molecule has 0 saturated carbocycles. The van der Waals surface area contributed by atoms with E-state index in [0.29, 0.717) is 16.1 Å². The van der Waals surface area contributed by atoms with Crippen LogP contribution in [0.5, 0.6) is 0 Å². The number of carbonyl (C=O) groups is 2. The Morgan fingerprint density at radius 2 is 1.81 bits per heavy atom. The fourth-order valence-electron chi connectivity index (χ4n) is 4.74. The number of anilines is 1. The second-order valence-electron chi connectivity index (χ2n) is 9.45. The Morgan fingerprint density at radius 3 is 2.56 bits per heavy atom. The maximum Gasteiger partial charge on any atom is 0.341 e. The highest BCUT2D eigenvalue weighted by atomic mass is 32.1. The van der Waals surface area contributed by atoms with Crippen molar-refractivity contribution in [1.29, 1.82) is 0 Å². The van der Waals surface area contributed by atoms with E-state index in [2.05, 4.69) is 24.4 Å². The molecule has 2 aromatic heterocycles. The van der Waals surface area contributed by atoms with Crippen LogP contribution in [-0.2, 0) is 24.0 Å². The molecule has 0 aliphatic heterocycles. The van der Waals surface area contributed by atoms with Gasteiger partial charge in [0.1, 0.15) is 5.00 Å². The number of para-hydroxylation sites is 1. The van der Waals surface area contributed by atoms with E-state index >= 15 is 0 Å². The Hall–Kier alpha value is -3.51. The third-order valence-corrected chi connectivity index (χ3v) is 7.77. The number of fused-ring (bicyclic) bond motifs is 2. The molecule has 4 aromatic rings. The molecule has 2 heterocycles. The van der Waals surface area contributed by atoms with Crippen molar-refractivity contribution in [2.45, 2.75) is 59.0 Å². The molecule has 0 unspecified atom stereocenters. The molecule has 1 N–H and O–H groups in total. The molecule has 2 aromatic carbocycles. The van der Waals surface area contributed by atoms with Crippen molar-refractivity contribution in [2.24, 2.45) is 0 Å². The van der Waals surface area contributed by atoms with Crippen molar-refractivity contribution in [1.82, 2.24) is 4.98 Å². The van der Waals surface area contributed by atoms with Crippen LogP contribution in [0.4, 0.5) is 5.00 Å². The molecule has 36 heavy (non-hydrogen) atoms. The highest BCUT2D eigenvalue weighted by molar-refractivity contribution is 7.17. The zero-order chi connectivity index (χ0) is 25.2. The zero-order valence-electron chi connectivity index (χ0n) is 20.9. The van der Waals surface area contributed by atoms with Crippen molar-refractivity contribution < 1.29 is 14.3 Å². The summed E-state index contributed by atoms with van der Waals surface area (Å²) in [5, 5.41) is 4.43. The lowest BCUT2D eigenvalue weighted by Gasteiger charge is -2.14. The number of amides is 1. The van der Waals surface area contributed by atoms with Gasteiger partial charge in [-0.05, 0) is 69.2 Å². The van der Waals surface area contributed by atoms with Crippen LogP contribution in [0.15, 0.2) is 54.6 Å². The lowest BCUT2D eigenvalue weighted by atomic mass is 9.95. The van der Waals surface area contributed by atoms with Crippen LogP contribution >= 0.6 is 11.3 Å². The maximum absolute atomic E-state index is 13.7.